The van der Waals surface area contributed by atoms with Crippen LogP contribution in [0.4, 0.5) is 5.69 Å². The van der Waals surface area contributed by atoms with Gasteiger partial charge in [-0.1, -0.05) is 54.6 Å². The second-order valence-electron chi connectivity index (χ2n) is 6.27. The Morgan fingerprint density at radius 1 is 1.04 bits per heavy atom. The largest absolute Gasteiger partial charge is 0.383 e. The molecule has 0 aliphatic heterocycles. The molecule has 28 heavy (non-hydrogen) atoms. The lowest BCUT2D eigenvalue weighted by Gasteiger charge is -2.11. The van der Waals surface area contributed by atoms with Gasteiger partial charge in [-0.15, -0.1) is 0 Å². The van der Waals surface area contributed by atoms with E-state index in [1.54, 1.807) is 0 Å². The van der Waals surface area contributed by atoms with Gasteiger partial charge in [0.05, 0.1) is 11.2 Å². The molecule has 1 amide bonds. The van der Waals surface area contributed by atoms with E-state index in [-0.39, 0.29) is 12.5 Å². The van der Waals surface area contributed by atoms with Crippen molar-refractivity contribution in [3.63, 3.8) is 0 Å². The van der Waals surface area contributed by atoms with Crippen LogP contribution in [0.3, 0.4) is 0 Å². The molecule has 0 radical (unpaired) electrons. The summed E-state index contributed by atoms with van der Waals surface area (Å²) in [5, 5.41) is 7.30. The van der Waals surface area contributed by atoms with Crippen molar-refractivity contribution in [2.75, 3.05) is 31.6 Å². The first-order valence-corrected chi connectivity index (χ1v) is 9.47. The number of anilines is 1. The van der Waals surface area contributed by atoms with E-state index >= 15 is 0 Å². The summed E-state index contributed by atoms with van der Waals surface area (Å²) in [6, 6.07) is 20.2. The zero-order chi connectivity index (χ0) is 19.6. The summed E-state index contributed by atoms with van der Waals surface area (Å²) in [7, 11) is 0. The number of rotatable bonds is 9. The summed E-state index contributed by atoms with van der Waals surface area (Å²) in [6.07, 6.45) is 4.06. The number of para-hydroxylation sites is 1. The Bertz CT molecular complexity index is 939. The van der Waals surface area contributed by atoms with E-state index in [9.17, 15) is 4.79 Å². The molecular formula is C23H25N3O2. The van der Waals surface area contributed by atoms with Gasteiger partial charge in [0.25, 0.3) is 0 Å². The minimum absolute atomic E-state index is 0.100. The van der Waals surface area contributed by atoms with E-state index in [4.69, 9.17) is 9.72 Å². The maximum atomic E-state index is 11.6. The Balaban J connectivity index is 1.70. The van der Waals surface area contributed by atoms with E-state index in [1.165, 1.54) is 0 Å². The van der Waals surface area contributed by atoms with Crippen LogP contribution in [0.2, 0.25) is 0 Å². The number of aromatic nitrogens is 1. The van der Waals surface area contributed by atoms with Gasteiger partial charge in [0, 0.05) is 30.8 Å². The maximum Gasteiger partial charge on any atom is 0.246 e. The summed E-state index contributed by atoms with van der Waals surface area (Å²) in [6.45, 7) is 3.65. The van der Waals surface area contributed by atoms with Crippen LogP contribution < -0.4 is 10.6 Å². The monoisotopic (exact) mass is 375 g/mol. The molecule has 0 atom stereocenters. The summed E-state index contributed by atoms with van der Waals surface area (Å²) in [4.78, 5) is 16.3. The van der Waals surface area contributed by atoms with Crippen molar-refractivity contribution in [1.29, 1.82) is 0 Å². The van der Waals surface area contributed by atoms with Gasteiger partial charge in [-0.05, 0) is 30.7 Å². The molecule has 5 nitrogen and oxygen atoms in total. The van der Waals surface area contributed by atoms with Gasteiger partial charge in [0.1, 0.15) is 6.61 Å². The van der Waals surface area contributed by atoms with Crippen LogP contribution in [-0.4, -0.2) is 37.2 Å². The number of fused-ring (bicyclic) bond motifs is 1. The Hall–Kier alpha value is -3.18. The zero-order valence-corrected chi connectivity index (χ0v) is 16.0. The van der Waals surface area contributed by atoms with Crippen LogP contribution in [0.25, 0.3) is 23.1 Å². The molecule has 2 N–H and O–H groups in total. The van der Waals surface area contributed by atoms with E-state index in [1.807, 2.05) is 61.5 Å². The molecule has 0 bridgehead atoms. The van der Waals surface area contributed by atoms with Crippen LogP contribution in [0.1, 0.15) is 18.2 Å². The molecule has 0 spiro atoms. The standard InChI is InChI=1S/C23H25N3O2/c1-2-28-17-23(27)25-15-14-24-22-16-19(13-12-18-8-4-3-5-9-18)26-21-11-7-6-10-20(21)22/h3-13,16H,2,14-15,17H2,1H3,(H,24,26)(H,25,27)/b13-12+. The fourth-order valence-electron chi connectivity index (χ4n) is 2.82. The fraction of sp³-hybridized carbons (Fsp3) is 0.217. The van der Waals surface area contributed by atoms with Gasteiger partial charge in [0.15, 0.2) is 0 Å². The number of benzene rings is 2. The lowest BCUT2D eigenvalue weighted by molar-refractivity contribution is -0.125. The Morgan fingerprint density at radius 3 is 2.64 bits per heavy atom. The molecule has 2 aromatic carbocycles. The van der Waals surface area contributed by atoms with Gasteiger partial charge < -0.3 is 15.4 Å². The van der Waals surface area contributed by atoms with Gasteiger partial charge >= 0.3 is 0 Å². The Labute approximate surface area is 165 Å². The van der Waals surface area contributed by atoms with Crippen molar-refractivity contribution >= 4 is 34.6 Å². The normalized spacial score (nSPS) is 11.0. The molecule has 3 aromatic rings. The van der Waals surface area contributed by atoms with Crippen LogP contribution in [-0.2, 0) is 9.53 Å². The van der Waals surface area contributed by atoms with Gasteiger partial charge in [-0.25, -0.2) is 4.98 Å². The van der Waals surface area contributed by atoms with E-state index in [0.29, 0.717) is 19.7 Å². The molecule has 0 saturated heterocycles. The van der Waals surface area contributed by atoms with E-state index < -0.39 is 0 Å². The van der Waals surface area contributed by atoms with Gasteiger partial charge in [-0.3, -0.25) is 4.79 Å². The summed E-state index contributed by atoms with van der Waals surface area (Å²) in [5.41, 5.74) is 3.94. The number of carbonyl (C=O) groups is 1. The third-order valence-electron chi connectivity index (χ3n) is 4.18. The lowest BCUT2D eigenvalue weighted by Crippen LogP contribution is -2.31. The average molecular weight is 375 g/mol. The number of ether oxygens (including phenoxy) is 1. The van der Waals surface area contributed by atoms with Crippen LogP contribution in [0, 0.1) is 0 Å². The highest BCUT2D eigenvalue weighted by Crippen LogP contribution is 2.24. The first-order valence-electron chi connectivity index (χ1n) is 9.47. The molecule has 0 aliphatic rings. The molecule has 144 valence electrons. The highest BCUT2D eigenvalue weighted by atomic mass is 16.5. The highest BCUT2D eigenvalue weighted by Gasteiger charge is 2.05. The fourth-order valence-corrected chi connectivity index (χ4v) is 2.82. The minimum atomic E-state index is -0.102. The van der Waals surface area contributed by atoms with Crippen LogP contribution in [0.15, 0.2) is 60.7 Å². The van der Waals surface area contributed by atoms with Crippen molar-refractivity contribution < 1.29 is 9.53 Å². The maximum absolute atomic E-state index is 11.6. The van der Waals surface area contributed by atoms with Crippen molar-refractivity contribution in [1.82, 2.24) is 10.3 Å². The van der Waals surface area contributed by atoms with Crippen molar-refractivity contribution in [2.24, 2.45) is 0 Å². The third-order valence-corrected chi connectivity index (χ3v) is 4.18. The quantitative estimate of drug-likeness (QED) is 0.556. The molecule has 0 unspecified atom stereocenters. The predicted molar refractivity (Wildman–Crippen MR) is 115 cm³/mol. The zero-order valence-electron chi connectivity index (χ0n) is 16.0. The molecule has 1 aromatic heterocycles. The molecule has 3 rings (SSSR count). The van der Waals surface area contributed by atoms with Crippen LogP contribution in [0.5, 0.6) is 0 Å². The summed E-state index contributed by atoms with van der Waals surface area (Å²) < 4.78 is 5.10. The first-order chi connectivity index (χ1) is 13.8. The number of nitrogens with zero attached hydrogens (tertiary/aromatic N) is 1. The van der Waals surface area contributed by atoms with Gasteiger partial charge in [0.2, 0.25) is 5.91 Å². The van der Waals surface area contributed by atoms with Crippen LogP contribution >= 0.6 is 0 Å². The molecule has 0 saturated carbocycles. The highest BCUT2D eigenvalue weighted by molar-refractivity contribution is 5.92. The summed E-state index contributed by atoms with van der Waals surface area (Å²) >= 11 is 0. The first kappa shape index (κ1) is 19.6. The number of carbonyl (C=O) groups excluding carboxylic acids is 1. The van der Waals surface area contributed by atoms with Crippen molar-refractivity contribution in [3.05, 3.63) is 71.9 Å². The topological polar surface area (TPSA) is 63.2 Å². The van der Waals surface area contributed by atoms with E-state index in [2.05, 4.69) is 28.8 Å². The van der Waals surface area contributed by atoms with Crippen molar-refractivity contribution in [3.8, 4) is 0 Å². The van der Waals surface area contributed by atoms with E-state index in [0.717, 1.165) is 27.8 Å². The average Bonchev–Trinajstić information content (AvgIpc) is 2.74. The predicted octanol–water partition coefficient (Wildman–Crippen LogP) is 3.97. The Morgan fingerprint density at radius 2 is 1.82 bits per heavy atom. The molecular weight excluding hydrogens is 350 g/mol. The number of hydrogen-bond acceptors (Lipinski definition) is 4. The SMILES string of the molecule is CCOCC(=O)NCCNc1cc(/C=C/c2ccccc2)nc2ccccc12. The molecule has 0 aliphatic carbocycles. The molecule has 0 fully saturated rings. The Kier molecular flexibility index (Phi) is 7.15. The summed E-state index contributed by atoms with van der Waals surface area (Å²) in [5.74, 6) is -0.102. The second kappa shape index (κ2) is 10.2. The van der Waals surface area contributed by atoms with Crippen molar-refractivity contribution in [2.45, 2.75) is 6.92 Å². The lowest BCUT2D eigenvalue weighted by atomic mass is 10.1. The number of amides is 1. The number of nitrogens with one attached hydrogen (secondary N) is 2. The molecule has 5 heteroatoms. The smallest absolute Gasteiger partial charge is 0.246 e. The minimum Gasteiger partial charge on any atom is -0.383 e. The number of pyridine rings is 1. The molecule has 1 heterocycles. The number of hydrogen-bond donors (Lipinski definition) is 2. The van der Waals surface area contributed by atoms with Gasteiger partial charge in [-0.2, -0.15) is 0 Å². The third kappa shape index (κ3) is 5.66. The second-order valence-corrected chi connectivity index (χ2v) is 6.27.